The first-order chi connectivity index (χ1) is 4.62. The second-order valence-corrected chi connectivity index (χ2v) is 3.20. The third-order valence-electron chi connectivity index (χ3n) is 1.49. The zero-order valence-corrected chi connectivity index (χ0v) is 7.02. The number of hydrogen-bond donors (Lipinski definition) is 0. The van der Waals surface area contributed by atoms with Crippen molar-refractivity contribution in [3.63, 3.8) is 0 Å². The Bertz CT molecular complexity index is 97.4. The van der Waals surface area contributed by atoms with Crippen molar-refractivity contribution in [3.8, 4) is 0 Å². The lowest BCUT2D eigenvalue weighted by atomic mass is 9.90. The molecule has 0 saturated carbocycles. The van der Waals surface area contributed by atoms with Gasteiger partial charge in [-0.1, -0.05) is 13.8 Å². The van der Waals surface area contributed by atoms with E-state index in [1.54, 1.807) is 7.11 Å². The van der Waals surface area contributed by atoms with Gasteiger partial charge >= 0.3 is 0 Å². The summed E-state index contributed by atoms with van der Waals surface area (Å²) >= 11 is 0. The Morgan fingerprint density at radius 3 is 2.50 bits per heavy atom. The van der Waals surface area contributed by atoms with Crippen LogP contribution in [0.2, 0.25) is 0 Å². The minimum atomic E-state index is -0.168. The van der Waals surface area contributed by atoms with E-state index in [4.69, 9.17) is 4.74 Å². The molecular formula is C8H16O2. The Labute approximate surface area is 62.6 Å². The molecule has 0 unspecified atom stereocenters. The monoisotopic (exact) mass is 144 g/mol. The molecule has 0 bridgehead atoms. The predicted molar refractivity (Wildman–Crippen MR) is 41.0 cm³/mol. The highest BCUT2D eigenvalue weighted by Gasteiger charge is 2.14. The van der Waals surface area contributed by atoms with Crippen molar-refractivity contribution in [2.24, 2.45) is 5.41 Å². The third kappa shape index (κ3) is 4.50. The topological polar surface area (TPSA) is 26.3 Å². The van der Waals surface area contributed by atoms with E-state index < -0.39 is 0 Å². The summed E-state index contributed by atoms with van der Waals surface area (Å²) in [5.41, 5.74) is -0.168. The minimum absolute atomic E-state index is 0.168. The molecule has 0 aromatic heterocycles. The molecule has 0 saturated heterocycles. The molecule has 2 heteroatoms. The standard InChI is InChI=1S/C8H16O2/c1-8(2,7-9)5-4-6-10-3/h7H,4-6H2,1-3H3. The van der Waals surface area contributed by atoms with Crippen LogP contribution < -0.4 is 0 Å². The number of carbonyl (C=O) groups is 1. The van der Waals surface area contributed by atoms with Crippen molar-refractivity contribution < 1.29 is 9.53 Å². The maximum absolute atomic E-state index is 10.4. The van der Waals surface area contributed by atoms with Crippen molar-refractivity contribution in [2.45, 2.75) is 26.7 Å². The summed E-state index contributed by atoms with van der Waals surface area (Å²) in [7, 11) is 1.67. The van der Waals surface area contributed by atoms with Gasteiger partial charge in [-0.15, -0.1) is 0 Å². The molecule has 0 rings (SSSR count). The maximum Gasteiger partial charge on any atom is 0.125 e. The van der Waals surface area contributed by atoms with Crippen molar-refractivity contribution >= 4 is 6.29 Å². The molecular weight excluding hydrogens is 128 g/mol. The summed E-state index contributed by atoms with van der Waals surface area (Å²) in [6, 6.07) is 0. The van der Waals surface area contributed by atoms with Crippen molar-refractivity contribution in [1.82, 2.24) is 0 Å². The lowest BCUT2D eigenvalue weighted by Crippen LogP contribution is -2.13. The molecule has 60 valence electrons. The van der Waals surface area contributed by atoms with Crippen molar-refractivity contribution in [3.05, 3.63) is 0 Å². The van der Waals surface area contributed by atoms with Crippen LogP contribution in [0.25, 0.3) is 0 Å². The first-order valence-electron chi connectivity index (χ1n) is 3.57. The van der Waals surface area contributed by atoms with E-state index in [2.05, 4.69) is 0 Å². The first-order valence-corrected chi connectivity index (χ1v) is 3.57. The summed E-state index contributed by atoms with van der Waals surface area (Å²) in [6.07, 6.45) is 2.87. The fourth-order valence-electron chi connectivity index (χ4n) is 0.731. The van der Waals surface area contributed by atoms with Gasteiger partial charge in [0.25, 0.3) is 0 Å². The lowest BCUT2D eigenvalue weighted by molar-refractivity contribution is -0.115. The molecule has 0 aliphatic rings. The van der Waals surface area contributed by atoms with Crippen LogP contribution in [0, 0.1) is 5.41 Å². The van der Waals surface area contributed by atoms with Gasteiger partial charge in [0.2, 0.25) is 0 Å². The molecule has 0 aliphatic carbocycles. The third-order valence-corrected chi connectivity index (χ3v) is 1.49. The number of ether oxygens (including phenoxy) is 1. The Morgan fingerprint density at radius 1 is 1.50 bits per heavy atom. The van der Waals surface area contributed by atoms with Crippen LogP contribution in [0.1, 0.15) is 26.7 Å². The number of methoxy groups -OCH3 is 1. The van der Waals surface area contributed by atoms with Gasteiger partial charge in [0, 0.05) is 19.1 Å². The van der Waals surface area contributed by atoms with Crippen molar-refractivity contribution in [2.75, 3.05) is 13.7 Å². The van der Waals surface area contributed by atoms with Crippen LogP contribution in [0.3, 0.4) is 0 Å². The summed E-state index contributed by atoms with van der Waals surface area (Å²) in [5, 5.41) is 0. The molecule has 0 radical (unpaired) electrons. The Balaban J connectivity index is 3.37. The highest BCUT2D eigenvalue weighted by Crippen LogP contribution is 2.18. The van der Waals surface area contributed by atoms with Crippen LogP contribution in [0.5, 0.6) is 0 Å². The van der Waals surface area contributed by atoms with Crippen LogP contribution in [-0.4, -0.2) is 20.0 Å². The van der Waals surface area contributed by atoms with Gasteiger partial charge in [-0.3, -0.25) is 0 Å². The molecule has 0 aromatic carbocycles. The number of hydrogen-bond acceptors (Lipinski definition) is 2. The van der Waals surface area contributed by atoms with Gasteiger partial charge in [-0.2, -0.15) is 0 Å². The molecule has 0 atom stereocenters. The van der Waals surface area contributed by atoms with Crippen LogP contribution in [0.15, 0.2) is 0 Å². The average Bonchev–Trinajstić information content (AvgIpc) is 1.89. The molecule has 0 fully saturated rings. The highest BCUT2D eigenvalue weighted by atomic mass is 16.5. The SMILES string of the molecule is COCCCC(C)(C)C=O. The van der Waals surface area contributed by atoms with E-state index >= 15 is 0 Å². The molecule has 2 nitrogen and oxygen atoms in total. The lowest BCUT2D eigenvalue weighted by Gasteiger charge is -2.15. The van der Waals surface area contributed by atoms with Crippen LogP contribution in [-0.2, 0) is 9.53 Å². The average molecular weight is 144 g/mol. The second kappa shape index (κ2) is 4.45. The maximum atomic E-state index is 10.4. The molecule has 0 N–H and O–H groups in total. The fraction of sp³-hybridized carbons (Fsp3) is 0.875. The smallest absolute Gasteiger partial charge is 0.125 e. The number of rotatable bonds is 5. The Morgan fingerprint density at radius 2 is 2.10 bits per heavy atom. The van der Waals surface area contributed by atoms with Gasteiger partial charge in [0.1, 0.15) is 6.29 Å². The van der Waals surface area contributed by atoms with Gasteiger partial charge in [0.05, 0.1) is 0 Å². The van der Waals surface area contributed by atoms with E-state index in [0.717, 1.165) is 25.7 Å². The first kappa shape index (κ1) is 9.63. The van der Waals surface area contributed by atoms with Crippen LogP contribution >= 0.6 is 0 Å². The second-order valence-electron chi connectivity index (χ2n) is 3.20. The molecule has 10 heavy (non-hydrogen) atoms. The Kier molecular flexibility index (Phi) is 4.28. The van der Waals surface area contributed by atoms with Gasteiger partial charge < -0.3 is 9.53 Å². The van der Waals surface area contributed by atoms with Crippen molar-refractivity contribution in [1.29, 1.82) is 0 Å². The van der Waals surface area contributed by atoms with Gasteiger partial charge in [0.15, 0.2) is 0 Å². The number of aldehydes is 1. The summed E-state index contributed by atoms with van der Waals surface area (Å²) in [5.74, 6) is 0. The van der Waals surface area contributed by atoms with Crippen LogP contribution in [0.4, 0.5) is 0 Å². The molecule has 0 spiro atoms. The molecule has 0 aliphatic heterocycles. The van der Waals surface area contributed by atoms with E-state index in [-0.39, 0.29) is 5.41 Å². The zero-order chi connectivity index (χ0) is 8.04. The number of carbonyl (C=O) groups excluding carboxylic acids is 1. The van der Waals surface area contributed by atoms with Gasteiger partial charge in [-0.05, 0) is 12.8 Å². The van der Waals surface area contributed by atoms with E-state index in [0.29, 0.717) is 0 Å². The zero-order valence-electron chi connectivity index (χ0n) is 7.02. The van der Waals surface area contributed by atoms with Gasteiger partial charge in [-0.25, -0.2) is 0 Å². The van der Waals surface area contributed by atoms with E-state index in [1.807, 2.05) is 13.8 Å². The quantitative estimate of drug-likeness (QED) is 0.433. The molecule has 0 aromatic rings. The largest absolute Gasteiger partial charge is 0.385 e. The fourth-order valence-corrected chi connectivity index (χ4v) is 0.731. The Hall–Kier alpha value is -0.370. The minimum Gasteiger partial charge on any atom is -0.385 e. The predicted octanol–water partition coefficient (Wildman–Crippen LogP) is 1.64. The normalized spacial score (nSPS) is 11.5. The summed E-state index contributed by atoms with van der Waals surface area (Å²) in [6.45, 7) is 4.63. The molecule has 0 heterocycles. The van der Waals surface area contributed by atoms with E-state index in [9.17, 15) is 4.79 Å². The van der Waals surface area contributed by atoms with E-state index in [1.165, 1.54) is 0 Å². The molecule has 0 amide bonds. The summed E-state index contributed by atoms with van der Waals surface area (Å²) < 4.78 is 4.87. The highest BCUT2D eigenvalue weighted by molar-refractivity contribution is 5.57. The summed E-state index contributed by atoms with van der Waals surface area (Å²) in [4.78, 5) is 10.4.